The maximum absolute atomic E-state index is 13.2. The van der Waals surface area contributed by atoms with E-state index in [0.717, 1.165) is 5.69 Å². The van der Waals surface area contributed by atoms with Crippen LogP contribution >= 0.6 is 11.8 Å². The van der Waals surface area contributed by atoms with Crippen LogP contribution in [0.1, 0.15) is 29.2 Å². The summed E-state index contributed by atoms with van der Waals surface area (Å²) >= 11 is 1.20. The lowest BCUT2D eigenvalue weighted by atomic mass is 10.2. The number of hydrogen-bond acceptors (Lipinski definition) is 6. The maximum atomic E-state index is 13.2. The van der Waals surface area contributed by atoms with Crippen LogP contribution < -0.4 is 10.1 Å². The summed E-state index contributed by atoms with van der Waals surface area (Å²) in [7, 11) is 0. The van der Waals surface area contributed by atoms with Crippen molar-refractivity contribution in [3.8, 4) is 11.4 Å². The van der Waals surface area contributed by atoms with Crippen LogP contribution in [0.15, 0.2) is 84.0 Å². The number of carbonyl (C=O) groups is 2. The van der Waals surface area contributed by atoms with Gasteiger partial charge in [0.15, 0.2) is 17.1 Å². The van der Waals surface area contributed by atoms with Crippen LogP contribution in [0.3, 0.4) is 0 Å². The minimum Gasteiger partial charge on any atom is -0.483 e. The monoisotopic (exact) mass is 492 g/mol. The second kappa shape index (κ2) is 10.8. The third-order valence-electron chi connectivity index (χ3n) is 4.91. The van der Waals surface area contributed by atoms with Crippen molar-refractivity contribution in [1.82, 2.24) is 14.8 Å². The number of para-hydroxylation sites is 1. The number of aromatic carboxylic acids is 1. The van der Waals surface area contributed by atoms with E-state index in [1.165, 1.54) is 60.3 Å². The van der Waals surface area contributed by atoms with Gasteiger partial charge in [-0.15, -0.1) is 10.2 Å². The zero-order valence-electron chi connectivity index (χ0n) is 18.6. The standard InChI is InChI=1S/C25H21FN4O4S/c1-16(34-21-13-9-18(26)10-14-21)23-28-29-25(30(23)20-5-3-2-4-6-20)35-15-22(31)27-19-11-7-17(8-12-19)24(32)33/h2-14,16H,15H2,1H3,(H,27,31)(H,32,33). The molecule has 4 rings (SSSR count). The van der Waals surface area contributed by atoms with Gasteiger partial charge in [0.25, 0.3) is 0 Å². The second-order valence-corrected chi connectivity index (χ2v) is 8.39. The highest BCUT2D eigenvalue weighted by Gasteiger charge is 2.21. The van der Waals surface area contributed by atoms with Gasteiger partial charge in [0, 0.05) is 11.4 Å². The number of aromatic nitrogens is 3. The normalized spacial score (nSPS) is 11.6. The van der Waals surface area contributed by atoms with Crippen molar-refractivity contribution in [3.63, 3.8) is 0 Å². The quantitative estimate of drug-likeness (QED) is 0.318. The average molecular weight is 493 g/mol. The van der Waals surface area contributed by atoms with Crippen molar-refractivity contribution >= 4 is 29.3 Å². The van der Waals surface area contributed by atoms with E-state index in [1.807, 2.05) is 41.8 Å². The third-order valence-corrected chi connectivity index (χ3v) is 5.84. The van der Waals surface area contributed by atoms with Crippen molar-refractivity contribution in [2.45, 2.75) is 18.2 Å². The molecule has 1 unspecified atom stereocenters. The number of halogens is 1. The molecule has 8 nitrogen and oxygen atoms in total. The summed E-state index contributed by atoms with van der Waals surface area (Å²) in [5, 5.41) is 20.8. The number of carboxylic acid groups (broad SMARTS) is 1. The number of amides is 1. The lowest BCUT2D eigenvalue weighted by Crippen LogP contribution is -2.15. The SMILES string of the molecule is CC(Oc1ccc(F)cc1)c1nnc(SCC(=O)Nc2ccc(C(=O)O)cc2)n1-c1ccccc1. The summed E-state index contributed by atoms with van der Waals surface area (Å²) in [4.78, 5) is 23.5. The van der Waals surface area contributed by atoms with E-state index in [9.17, 15) is 14.0 Å². The van der Waals surface area contributed by atoms with Crippen LogP contribution in [0.25, 0.3) is 5.69 Å². The lowest BCUT2D eigenvalue weighted by Gasteiger charge is -2.16. The van der Waals surface area contributed by atoms with Crippen LogP contribution in [-0.2, 0) is 4.79 Å². The molecule has 0 aliphatic heterocycles. The molecule has 3 aromatic carbocycles. The molecule has 0 radical (unpaired) electrons. The number of carbonyl (C=O) groups excluding carboxylic acids is 1. The predicted molar refractivity (Wildman–Crippen MR) is 130 cm³/mol. The first-order chi connectivity index (χ1) is 16.9. The lowest BCUT2D eigenvalue weighted by molar-refractivity contribution is -0.113. The van der Waals surface area contributed by atoms with Crippen molar-refractivity contribution in [3.05, 3.63) is 96.1 Å². The largest absolute Gasteiger partial charge is 0.483 e. The molecule has 0 aliphatic rings. The maximum Gasteiger partial charge on any atom is 0.335 e. The number of carboxylic acids is 1. The zero-order valence-corrected chi connectivity index (χ0v) is 19.4. The predicted octanol–water partition coefficient (Wildman–Crippen LogP) is 4.98. The molecule has 0 saturated carbocycles. The highest BCUT2D eigenvalue weighted by molar-refractivity contribution is 7.99. The minimum absolute atomic E-state index is 0.0544. The van der Waals surface area contributed by atoms with Crippen LogP contribution in [0.4, 0.5) is 10.1 Å². The van der Waals surface area contributed by atoms with Gasteiger partial charge < -0.3 is 15.2 Å². The van der Waals surface area contributed by atoms with Crippen LogP contribution in [0, 0.1) is 5.82 Å². The minimum atomic E-state index is -1.04. The molecule has 1 heterocycles. The number of rotatable bonds is 9. The van der Waals surface area contributed by atoms with Gasteiger partial charge in [-0.05, 0) is 67.6 Å². The summed E-state index contributed by atoms with van der Waals surface area (Å²) in [6, 6.07) is 21.1. The fraction of sp³-hybridized carbons (Fsp3) is 0.120. The van der Waals surface area contributed by atoms with Gasteiger partial charge in [0.05, 0.1) is 11.3 Å². The van der Waals surface area contributed by atoms with E-state index in [2.05, 4.69) is 15.5 Å². The Bertz CT molecular complexity index is 1310. The number of nitrogens with zero attached hydrogens (tertiary/aromatic N) is 3. The van der Waals surface area contributed by atoms with E-state index in [4.69, 9.17) is 9.84 Å². The van der Waals surface area contributed by atoms with Gasteiger partial charge in [-0.3, -0.25) is 9.36 Å². The molecule has 2 N–H and O–H groups in total. The summed E-state index contributed by atoms with van der Waals surface area (Å²) < 4.78 is 21.0. The van der Waals surface area contributed by atoms with Crippen molar-refractivity contribution < 1.29 is 23.8 Å². The van der Waals surface area contributed by atoms with Gasteiger partial charge in [-0.1, -0.05) is 30.0 Å². The highest BCUT2D eigenvalue weighted by Crippen LogP contribution is 2.28. The number of ether oxygens (including phenoxy) is 1. The Balaban J connectivity index is 1.50. The molecule has 4 aromatic rings. The molecule has 1 aromatic heterocycles. The summed E-state index contributed by atoms with van der Waals surface area (Å²) in [5.74, 6) is -0.604. The number of nitrogens with one attached hydrogen (secondary N) is 1. The van der Waals surface area contributed by atoms with E-state index >= 15 is 0 Å². The van der Waals surface area contributed by atoms with Crippen LogP contribution in [0.5, 0.6) is 5.75 Å². The van der Waals surface area contributed by atoms with Gasteiger partial charge in [0.1, 0.15) is 11.6 Å². The van der Waals surface area contributed by atoms with Crippen molar-refractivity contribution in [2.75, 3.05) is 11.1 Å². The number of hydrogen-bond donors (Lipinski definition) is 2. The molecule has 10 heteroatoms. The van der Waals surface area contributed by atoms with E-state index in [0.29, 0.717) is 22.4 Å². The fourth-order valence-corrected chi connectivity index (χ4v) is 4.01. The third kappa shape index (κ3) is 6.04. The van der Waals surface area contributed by atoms with Gasteiger partial charge >= 0.3 is 5.97 Å². The Morgan fingerprint density at radius 2 is 1.71 bits per heavy atom. The van der Waals surface area contributed by atoms with E-state index in [1.54, 1.807) is 0 Å². The first-order valence-corrected chi connectivity index (χ1v) is 11.6. The van der Waals surface area contributed by atoms with Crippen molar-refractivity contribution in [1.29, 1.82) is 0 Å². The second-order valence-electron chi connectivity index (χ2n) is 7.45. The summed E-state index contributed by atoms with van der Waals surface area (Å²) in [6.45, 7) is 1.81. The first kappa shape index (κ1) is 24.0. The molecule has 1 amide bonds. The Morgan fingerprint density at radius 1 is 1.03 bits per heavy atom. The average Bonchev–Trinajstić information content (AvgIpc) is 3.29. The van der Waals surface area contributed by atoms with E-state index in [-0.39, 0.29) is 23.0 Å². The molecular formula is C25H21FN4O4S. The molecule has 1 atom stereocenters. The Hall–Kier alpha value is -4.18. The molecule has 0 spiro atoms. The Morgan fingerprint density at radius 3 is 2.37 bits per heavy atom. The van der Waals surface area contributed by atoms with Crippen molar-refractivity contribution in [2.24, 2.45) is 0 Å². The smallest absolute Gasteiger partial charge is 0.335 e. The summed E-state index contributed by atoms with van der Waals surface area (Å²) in [6.07, 6.45) is -0.510. The molecular weight excluding hydrogens is 471 g/mol. The highest BCUT2D eigenvalue weighted by atomic mass is 32.2. The molecule has 0 aliphatic carbocycles. The fourth-order valence-electron chi connectivity index (χ4n) is 3.25. The molecule has 35 heavy (non-hydrogen) atoms. The van der Waals surface area contributed by atoms with Crippen LogP contribution in [-0.4, -0.2) is 37.5 Å². The molecule has 178 valence electrons. The van der Waals surface area contributed by atoms with Gasteiger partial charge in [-0.25, -0.2) is 9.18 Å². The number of thioether (sulfide) groups is 1. The molecule has 0 bridgehead atoms. The number of benzene rings is 3. The topological polar surface area (TPSA) is 106 Å². The first-order valence-electron chi connectivity index (χ1n) is 10.6. The van der Waals surface area contributed by atoms with Gasteiger partial charge in [-0.2, -0.15) is 0 Å². The zero-order chi connectivity index (χ0) is 24.8. The number of anilines is 1. The van der Waals surface area contributed by atoms with Gasteiger partial charge in [0.2, 0.25) is 5.91 Å². The van der Waals surface area contributed by atoms with Crippen LogP contribution in [0.2, 0.25) is 0 Å². The van der Waals surface area contributed by atoms with E-state index < -0.39 is 12.1 Å². The summed E-state index contributed by atoms with van der Waals surface area (Å²) in [5.41, 5.74) is 1.43. The molecule has 0 fully saturated rings. The Labute approximate surface area is 204 Å². The molecule has 0 saturated heterocycles. The Kier molecular flexibility index (Phi) is 7.41.